The Bertz CT molecular complexity index is 963. The normalized spacial score (nSPS) is 10.9. The van der Waals surface area contributed by atoms with Crippen molar-refractivity contribution in [2.45, 2.75) is 19.9 Å². The first kappa shape index (κ1) is 18.4. The number of benzene rings is 1. The summed E-state index contributed by atoms with van der Waals surface area (Å²) in [5.41, 5.74) is 0.0133. The third-order valence-electron chi connectivity index (χ3n) is 3.25. The first-order chi connectivity index (χ1) is 12.8. The highest BCUT2D eigenvalue weighted by molar-refractivity contribution is 5.64. The topological polar surface area (TPSA) is 95.9 Å². The number of hydrogen-bond acceptors (Lipinski definition) is 7. The van der Waals surface area contributed by atoms with Crippen LogP contribution in [0.3, 0.4) is 0 Å². The van der Waals surface area contributed by atoms with Gasteiger partial charge in [0.15, 0.2) is 5.82 Å². The molecule has 0 saturated carbocycles. The molecule has 10 heteroatoms. The monoisotopic (exact) mass is 376 g/mol. The molecule has 0 bridgehead atoms. The molecule has 7 nitrogen and oxygen atoms in total. The number of halogens is 3. The Morgan fingerprint density at radius 1 is 0.889 bits per heavy atom. The van der Waals surface area contributed by atoms with Gasteiger partial charge in [-0.2, -0.15) is 15.0 Å². The highest BCUT2D eigenvalue weighted by Gasteiger charge is 2.15. The summed E-state index contributed by atoms with van der Waals surface area (Å²) in [6.45, 7) is 3.69. The smallest absolute Gasteiger partial charge is 0.232 e. The van der Waals surface area contributed by atoms with Crippen LogP contribution in [0.25, 0.3) is 11.4 Å². The second-order valence-electron chi connectivity index (χ2n) is 5.91. The summed E-state index contributed by atoms with van der Waals surface area (Å²) in [5, 5.41) is 15.5. The van der Waals surface area contributed by atoms with Gasteiger partial charge >= 0.3 is 0 Å². The molecule has 3 N–H and O–H groups in total. The van der Waals surface area contributed by atoms with Gasteiger partial charge in [0.25, 0.3) is 0 Å². The van der Waals surface area contributed by atoms with E-state index in [-0.39, 0.29) is 35.0 Å². The van der Waals surface area contributed by atoms with Gasteiger partial charge in [0.05, 0.1) is 11.8 Å². The van der Waals surface area contributed by atoms with E-state index < -0.39 is 23.3 Å². The predicted molar refractivity (Wildman–Crippen MR) is 93.1 cm³/mol. The maximum Gasteiger partial charge on any atom is 0.232 e. The third kappa shape index (κ3) is 4.60. The Balaban J connectivity index is 2.06. The first-order valence-electron chi connectivity index (χ1n) is 7.91. The van der Waals surface area contributed by atoms with E-state index in [2.05, 4.69) is 30.6 Å². The molecule has 2 aromatic heterocycles. The minimum atomic E-state index is -0.778. The number of aromatic hydroxyl groups is 1. The van der Waals surface area contributed by atoms with Gasteiger partial charge in [0, 0.05) is 17.8 Å². The van der Waals surface area contributed by atoms with Crippen LogP contribution in [-0.2, 0) is 0 Å². The Kier molecular flexibility index (Phi) is 5.06. The molecule has 0 fully saturated rings. The number of nitrogens with zero attached hydrogens (tertiary/aromatic N) is 4. The Morgan fingerprint density at radius 3 is 2.22 bits per heavy atom. The molecule has 0 aliphatic heterocycles. The number of hydrogen-bond donors (Lipinski definition) is 3. The van der Waals surface area contributed by atoms with Crippen LogP contribution in [0.4, 0.5) is 30.8 Å². The van der Waals surface area contributed by atoms with Gasteiger partial charge in [0.1, 0.15) is 17.5 Å². The van der Waals surface area contributed by atoms with Crippen LogP contribution in [0.5, 0.6) is 5.88 Å². The summed E-state index contributed by atoms with van der Waals surface area (Å²) >= 11 is 0. The van der Waals surface area contributed by atoms with Crippen LogP contribution in [0, 0.1) is 17.5 Å². The van der Waals surface area contributed by atoms with Gasteiger partial charge in [-0.05, 0) is 32.0 Å². The Labute approximate surface area is 152 Å². The highest BCUT2D eigenvalue weighted by Crippen LogP contribution is 2.27. The molecule has 0 amide bonds. The lowest BCUT2D eigenvalue weighted by Gasteiger charge is -2.12. The molecular formula is C17H15F3N6O. The molecular weight excluding hydrogens is 361 g/mol. The van der Waals surface area contributed by atoms with E-state index in [0.717, 1.165) is 30.5 Å². The fourth-order valence-electron chi connectivity index (χ4n) is 2.23. The summed E-state index contributed by atoms with van der Waals surface area (Å²) in [5.74, 6) is -2.73. The SMILES string of the molecule is CC(C)Nc1nc(Nc2cc(F)cc(F)c2)nc(-c2cc(F)cnc2O)n1. The van der Waals surface area contributed by atoms with Gasteiger partial charge in [0.2, 0.25) is 17.8 Å². The molecule has 0 radical (unpaired) electrons. The van der Waals surface area contributed by atoms with E-state index in [9.17, 15) is 18.3 Å². The van der Waals surface area contributed by atoms with Crippen molar-refractivity contribution in [2.24, 2.45) is 0 Å². The quantitative estimate of drug-likeness (QED) is 0.626. The average molecular weight is 376 g/mol. The van der Waals surface area contributed by atoms with Crippen LogP contribution >= 0.6 is 0 Å². The van der Waals surface area contributed by atoms with Crippen LogP contribution in [0.2, 0.25) is 0 Å². The lowest BCUT2D eigenvalue weighted by atomic mass is 10.2. The zero-order valence-electron chi connectivity index (χ0n) is 14.3. The fourth-order valence-corrected chi connectivity index (χ4v) is 2.23. The van der Waals surface area contributed by atoms with Crippen molar-refractivity contribution >= 4 is 17.6 Å². The minimum Gasteiger partial charge on any atom is -0.493 e. The van der Waals surface area contributed by atoms with E-state index in [0.29, 0.717) is 0 Å². The summed E-state index contributed by atoms with van der Waals surface area (Å²) < 4.78 is 40.3. The van der Waals surface area contributed by atoms with Crippen molar-refractivity contribution in [2.75, 3.05) is 10.6 Å². The number of pyridine rings is 1. The molecule has 0 aliphatic carbocycles. The molecule has 0 unspecified atom stereocenters. The van der Waals surface area contributed by atoms with Crippen molar-refractivity contribution in [1.82, 2.24) is 19.9 Å². The first-order valence-corrected chi connectivity index (χ1v) is 7.91. The second kappa shape index (κ2) is 7.44. The molecule has 0 atom stereocenters. The summed E-state index contributed by atoms with van der Waals surface area (Å²) in [6, 6.07) is 3.82. The molecule has 0 spiro atoms. The van der Waals surface area contributed by atoms with Gasteiger partial charge in [-0.1, -0.05) is 0 Å². The minimum absolute atomic E-state index is 0.0426. The second-order valence-corrected chi connectivity index (χ2v) is 5.91. The zero-order chi connectivity index (χ0) is 19.6. The van der Waals surface area contributed by atoms with E-state index in [1.54, 1.807) is 0 Å². The van der Waals surface area contributed by atoms with E-state index in [1.165, 1.54) is 0 Å². The lowest BCUT2D eigenvalue weighted by molar-refractivity contribution is 0.451. The Morgan fingerprint density at radius 2 is 1.56 bits per heavy atom. The third-order valence-corrected chi connectivity index (χ3v) is 3.25. The maximum atomic E-state index is 13.5. The summed E-state index contributed by atoms with van der Waals surface area (Å²) in [4.78, 5) is 15.9. The van der Waals surface area contributed by atoms with Gasteiger partial charge in [-0.3, -0.25) is 0 Å². The molecule has 3 rings (SSSR count). The van der Waals surface area contributed by atoms with E-state index in [4.69, 9.17) is 0 Å². The molecule has 140 valence electrons. The van der Waals surface area contributed by atoms with Crippen molar-refractivity contribution < 1.29 is 18.3 Å². The number of aromatic nitrogens is 4. The number of rotatable bonds is 5. The zero-order valence-corrected chi connectivity index (χ0v) is 14.3. The largest absolute Gasteiger partial charge is 0.493 e. The van der Waals surface area contributed by atoms with Crippen molar-refractivity contribution in [3.8, 4) is 17.3 Å². The molecule has 3 aromatic rings. The fraction of sp³-hybridized carbons (Fsp3) is 0.176. The van der Waals surface area contributed by atoms with Crippen molar-refractivity contribution in [1.29, 1.82) is 0 Å². The van der Waals surface area contributed by atoms with Crippen LogP contribution in [-0.4, -0.2) is 31.1 Å². The summed E-state index contributed by atoms with van der Waals surface area (Å²) in [6.07, 6.45) is 0.849. The molecule has 0 aliphatic rings. The maximum absolute atomic E-state index is 13.5. The van der Waals surface area contributed by atoms with Crippen LogP contribution in [0.1, 0.15) is 13.8 Å². The molecule has 1 aromatic carbocycles. The Hall–Kier alpha value is -3.43. The average Bonchev–Trinajstić information content (AvgIpc) is 2.55. The molecule has 0 saturated heterocycles. The van der Waals surface area contributed by atoms with E-state index in [1.807, 2.05) is 13.8 Å². The highest BCUT2D eigenvalue weighted by atomic mass is 19.1. The van der Waals surface area contributed by atoms with Gasteiger partial charge in [-0.15, -0.1) is 0 Å². The van der Waals surface area contributed by atoms with Crippen LogP contribution in [0.15, 0.2) is 30.5 Å². The van der Waals surface area contributed by atoms with Crippen LogP contribution < -0.4 is 10.6 Å². The van der Waals surface area contributed by atoms with Crippen molar-refractivity contribution in [3.63, 3.8) is 0 Å². The van der Waals surface area contributed by atoms with Gasteiger partial charge < -0.3 is 15.7 Å². The number of anilines is 3. The lowest BCUT2D eigenvalue weighted by Crippen LogP contribution is -2.14. The van der Waals surface area contributed by atoms with Crippen molar-refractivity contribution in [3.05, 3.63) is 47.9 Å². The predicted octanol–water partition coefficient (Wildman–Crippen LogP) is 3.62. The van der Waals surface area contributed by atoms with Gasteiger partial charge in [-0.25, -0.2) is 18.2 Å². The van der Waals surface area contributed by atoms with E-state index >= 15 is 0 Å². The number of nitrogens with one attached hydrogen (secondary N) is 2. The molecule has 2 heterocycles. The standard InChI is InChI=1S/C17H15F3N6O/c1-8(2)22-16-24-14(13-6-11(20)7-21-15(13)27)25-17(26-16)23-12-4-9(18)3-10(19)5-12/h3-8H,1-2H3,(H,21,27)(H2,22,23,24,25,26). The molecule has 27 heavy (non-hydrogen) atoms. The summed E-state index contributed by atoms with van der Waals surface area (Å²) in [7, 11) is 0.